The van der Waals surface area contributed by atoms with Gasteiger partial charge in [-0.3, -0.25) is 0 Å². The predicted molar refractivity (Wildman–Crippen MR) is 62.6 cm³/mol. The summed E-state index contributed by atoms with van der Waals surface area (Å²) in [5.41, 5.74) is 2.77. The SMILES string of the molecule is C1=COC=CC1.c1ccc2c(c1)CCN2. The van der Waals surface area contributed by atoms with Crippen LogP contribution in [0.4, 0.5) is 5.69 Å². The van der Waals surface area contributed by atoms with Gasteiger partial charge in [-0.15, -0.1) is 0 Å². The number of fused-ring (bicyclic) bond motifs is 1. The topological polar surface area (TPSA) is 21.3 Å². The van der Waals surface area contributed by atoms with Crippen LogP contribution in [-0.2, 0) is 11.2 Å². The van der Waals surface area contributed by atoms with E-state index in [4.69, 9.17) is 4.74 Å². The molecule has 0 saturated heterocycles. The van der Waals surface area contributed by atoms with E-state index >= 15 is 0 Å². The van der Waals surface area contributed by atoms with Crippen molar-refractivity contribution >= 4 is 5.69 Å². The monoisotopic (exact) mass is 201 g/mol. The molecule has 0 aromatic heterocycles. The van der Waals surface area contributed by atoms with E-state index in [-0.39, 0.29) is 0 Å². The Labute approximate surface area is 90.3 Å². The van der Waals surface area contributed by atoms with E-state index in [2.05, 4.69) is 29.6 Å². The van der Waals surface area contributed by atoms with E-state index in [0.717, 1.165) is 13.0 Å². The Hall–Kier alpha value is -1.70. The minimum Gasteiger partial charge on any atom is -0.473 e. The van der Waals surface area contributed by atoms with Gasteiger partial charge in [0.1, 0.15) is 0 Å². The lowest BCUT2D eigenvalue weighted by molar-refractivity contribution is 0.393. The highest BCUT2D eigenvalue weighted by atomic mass is 16.5. The van der Waals surface area contributed by atoms with Gasteiger partial charge < -0.3 is 10.1 Å². The molecule has 2 aliphatic heterocycles. The van der Waals surface area contributed by atoms with Crippen molar-refractivity contribution in [1.82, 2.24) is 0 Å². The zero-order valence-corrected chi connectivity index (χ0v) is 8.65. The van der Waals surface area contributed by atoms with Gasteiger partial charge in [0.25, 0.3) is 0 Å². The average Bonchev–Trinajstić information content (AvgIpc) is 2.80. The Balaban J connectivity index is 0.000000124. The third-order valence-corrected chi connectivity index (χ3v) is 2.35. The van der Waals surface area contributed by atoms with E-state index in [9.17, 15) is 0 Å². The zero-order chi connectivity index (χ0) is 10.3. The number of allylic oxidation sites excluding steroid dienone is 2. The quantitative estimate of drug-likeness (QED) is 0.696. The standard InChI is InChI=1S/C8H9N.C5H6O/c1-2-4-8-7(3-1)5-6-9-8;1-2-4-6-5-3-1/h1-4,9H,5-6H2;2-5H,1H2. The zero-order valence-electron chi connectivity index (χ0n) is 8.65. The molecule has 2 heterocycles. The number of benzene rings is 1. The average molecular weight is 201 g/mol. The van der Waals surface area contributed by atoms with Crippen molar-refractivity contribution in [3.8, 4) is 0 Å². The minimum absolute atomic E-state index is 1.01. The van der Waals surface area contributed by atoms with E-state index in [1.54, 1.807) is 12.5 Å². The van der Waals surface area contributed by atoms with Gasteiger partial charge in [0.15, 0.2) is 0 Å². The third kappa shape index (κ3) is 2.88. The van der Waals surface area contributed by atoms with Crippen LogP contribution >= 0.6 is 0 Å². The van der Waals surface area contributed by atoms with Crippen molar-refractivity contribution in [3.05, 3.63) is 54.5 Å². The van der Waals surface area contributed by atoms with E-state index < -0.39 is 0 Å². The first-order valence-electron chi connectivity index (χ1n) is 5.24. The lowest BCUT2D eigenvalue weighted by Gasteiger charge is -1.94. The highest BCUT2D eigenvalue weighted by Crippen LogP contribution is 2.19. The summed E-state index contributed by atoms with van der Waals surface area (Å²) in [6.45, 7) is 1.11. The number of hydrogen-bond acceptors (Lipinski definition) is 2. The van der Waals surface area contributed by atoms with Crippen LogP contribution in [0.1, 0.15) is 12.0 Å². The predicted octanol–water partition coefficient (Wildman–Crippen LogP) is 3.09. The second kappa shape index (κ2) is 5.25. The first-order valence-corrected chi connectivity index (χ1v) is 5.24. The molecule has 1 aromatic rings. The molecule has 0 bridgehead atoms. The molecule has 15 heavy (non-hydrogen) atoms. The molecular formula is C13H15NO. The smallest absolute Gasteiger partial charge is 0.0864 e. The highest BCUT2D eigenvalue weighted by Gasteiger charge is 2.05. The van der Waals surface area contributed by atoms with Crippen molar-refractivity contribution in [1.29, 1.82) is 0 Å². The molecule has 0 amide bonds. The van der Waals surface area contributed by atoms with E-state index in [1.807, 2.05) is 12.2 Å². The first kappa shape index (κ1) is 9.84. The second-order valence-corrected chi connectivity index (χ2v) is 3.45. The molecular weight excluding hydrogens is 186 g/mol. The summed E-state index contributed by atoms with van der Waals surface area (Å²) < 4.78 is 4.71. The van der Waals surface area contributed by atoms with Gasteiger partial charge in [0, 0.05) is 12.2 Å². The molecule has 0 radical (unpaired) electrons. The Morgan fingerprint density at radius 2 is 1.87 bits per heavy atom. The summed E-state index contributed by atoms with van der Waals surface area (Å²) in [5, 5.41) is 3.30. The van der Waals surface area contributed by atoms with Gasteiger partial charge in [-0.05, 0) is 36.6 Å². The Morgan fingerprint density at radius 3 is 2.47 bits per heavy atom. The first-order chi connectivity index (χ1) is 7.47. The molecule has 0 fully saturated rings. The largest absolute Gasteiger partial charge is 0.473 e. The molecule has 0 saturated carbocycles. The molecule has 1 aromatic carbocycles. The van der Waals surface area contributed by atoms with Crippen molar-refractivity contribution in [2.75, 3.05) is 11.9 Å². The van der Waals surface area contributed by atoms with Gasteiger partial charge in [-0.2, -0.15) is 0 Å². The maximum atomic E-state index is 4.71. The van der Waals surface area contributed by atoms with Crippen molar-refractivity contribution in [3.63, 3.8) is 0 Å². The highest BCUT2D eigenvalue weighted by molar-refractivity contribution is 5.54. The van der Waals surface area contributed by atoms with E-state index in [0.29, 0.717) is 0 Å². The molecule has 0 unspecified atom stereocenters. The fourth-order valence-electron chi connectivity index (χ4n) is 1.59. The van der Waals surface area contributed by atoms with Gasteiger partial charge in [-0.25, -0.2) is 0 Å². The van der Waals surface area contributed by atoms with Crippen molar-refractivity contribution in [2.24, 2.45) is 0 Å². The fraction of sp³-hybridized carbons (Fsp3) is 0.231. The van der Waals surface area contributed by atoms with Gasteiger partial charge in [0.2, 0.25) is 0 Å². The molecule has 2 nitrogen and oxygen atoms in total. The summed E-state index contributed by atoms with van der Waals surface area (Å²) in [7, 11) is 0. The lowest BCUT2D eigenvalue weighted by Crippen LogP contribution is -1.90. The lowest BCUT2D eigenvalue weighted by atomic mass is 10.2. The summed E-state index contributed by atoms with van der Waals surface area (Å²) in [5.74, 6) is 0. The molecule has 1 N–H and O–H groups in total. The van der Waals surface area contributed by atoms with Crippen LogP contribution in [-0.4, -0.2) is 6.54 Å². The van der Waals surface area contributed by atoms with Crippen molar-refractivity contribution < 1.29 is 4.74 Å². The van der Waals surface area contributed by atoms with Crippen LogP contribution in [0, 0.1) is 0 Å². The normalized spacial score (nSPS) is 15.7. The van der Waals surface area contributed by atoms with Gasteiger partial charge >= 0.3 is 0 Å². The number of hydrogen-bond donors (Lipinski definition) is 1. The fourth-order valence-corrected chi connectivity index (χ4v) is 1.59. The van der Waals surface area contributed by atoms with Crippen LogP contribution in [0.15, 0.2) is 48.9 Å². The van der Waals surface area contributed by atoms with Crippen LogP contribution in [0.2, 0.25) is 0 Å². The minimum atomic E-state index is 1.01. The number of rotatable bonds is 0. The van der Waals surface area contributed by atoms with Gasteiger partial charge in [-0.1, -0.05) is 18.2 Å². The second-order valence-electron chi connectivity index (χ2n) is 3.45. The van der Waals surface area contributed by atoms with Crippen molar-refractivity contribution in [2.45, 2.75) is 12.8 Å². The summed E-state index contributed by atoms with van der Waals surface area (Å²) >= 11 is 0. The number of para-hydroxylation sites is 1. The Kier molecular flexibility index (Phi) is 3.44. The third-order valence-electron chi connectivity index (χ3n) is 2.35. The molecule has 0 spiro atoms. The van der Waals surface area contributed by atoms with Gasteiger partial charge in [0.05, 0.1) is 12.5 Å². The maximum absolute atomic E-state index is 4.71. The summed E-state index contributed by atoms with van der Waals surface area (Å²) in [6.07, 6.45) is 9.48. The summed E-state index contributed by atoms with van der Waals surface area (Å²) in [6, 6.07) is 8.46. The number of ether oxygens (including phenoxy) is 1. The van der Waals surface area contributed by atoms with Crippen LogP contribution in [0.25, 0.3) is 0 Å². The number of nitrogens with one attached hydrogen (secondary N) is 1. The number of anilines is 1. The Bertz CT molecular complexity index is 326. The van der Waals surface area contributed by atoms with E-state index in [1.165, 1.54) is 17.7 Å². The molecule has 78 valence electrons. The molecule has 0 atom stereocenters. The van der Waals surface area contributed by atoms with Crippen LogP contribution in [0.5, 0.6) is 0 Å². The maximum Gasteiger partial charge on any atom is 0.0864 e. The molecule has 3 rings (SSSR count). The van der Waals surface area contributed by atoms with Crippen LogP contribution < -0.4 is 5.32 Å². The Morgan fingerprint density at radius 1 is 1.07 bits per heavy atom. The molecule has 0 aliphatic carbocycles. The molecule has 2 heteroatoms. The summed E-state index contributed by atoms with van der Waals surface area (Å²) in [4.78, 5) is 0. The van der Waals surface area contributed by atoms with Crippen LogP contribution in [0.3, 0.4) is 0 Å². The molecule has 2 aliphatic rings.